The third-order valence-electron chi connectivity index (χ3n) is 7.16. The van der Waals surface area contributed by atoms with Crippen LogP contribution in [-0.2, 0) is 14.3 Å². The topological polar surface area (TPSA) is 81.0 Å². The largest absolute Gasteiger partial charge is 0.462 e. The molecule has 1 saturated heterocycles. The Labute approximate surface area is 192 Å². The number of esters is 1. The predicted octanol–water partition coefficient (Wildman–Crippen LogP) is 3.80. The molecule has 4 atom stereocenters. The maximum Gasteiger partial charge on any atom is 0.338 e. The molecule has 2 aromatic rings. The molecule has 1 saturated carbocycles. The van der Waals surface area contributed by atoms with Crippen molar-refractivity contribution in [2.75, 3.05) is 6.61 Å². The lowest BCUT2D eigenvalue weighted by atomic mass is 9.63. The lowest BCUT2D eigenvalue weighted by Gasteiger charge is -2.37. The molecule has 2 fully saturated rings. The van der Waals surface area contributed by atoms with Crippen molar-refractivity contribution in [1.29, 1.82) is 0 Å². The summed E-state index contributed by atoms with van der Waals surface area (Å²) in [5, 5.41) is 5.44. The van der Waals surface area contributed by atoms with Crippen molar-refractivity contribution in [1.82, 2.24) is 9.58 Å². The molecular weight excluding hydrogens is 418 g/mol. The van der Waals surface area contributed by atoms with Gasteiger partial charge in [0.25, 0.3) is 11.8 Å². The second-order valence-electron chi connectivity index (χ2n) is 9.00. The summed E-state index contributed by atoms with van der Waals surface area (Å²) in [4.78, 5) is 37.9. The summed E-state index contributed by atoms with van der Waals surface area (Å²) in [7, 11) is 0. The van der Waals surface area contributed by atoms with Gasteiger partial charge in [-0.15, -0.1) is 0 Å². The lowest BCUT2D eigenvalue weighted by molar-refractivity contribution is -0.140. The number of hydrazone groups is 1. The summed E-state index contributed by atoms with van der Waals surface area (Å²) in [6.45, 7) is 6.06. The number of allylic oxidation sites excluding steroid dienone is 2. The third-order valence-corrected chi connectivity index (χ3v) is 7.16. The van der Waals surface area contributed by atoms with E-state index in [1.807, 2.05) is 36.6 Å². The zero-order valence-electron chi connectivity index (χ0n) is 19.0. The molecule has 4 aliphatic rings. The van der Waals surface area contributed by atoms with E-state index in [0.717, 1.165) is 40.5 Å². The van der Waals surface area contributed by atoms with Crippen LogP contribution in [0.1, 0.15) is 47.1 Å². The fourth-order valence-electron chi connectivity index (χ4n) is 5.57. The number of aryl methyl sites for hydroxylation is 1. The summed E-state index contributed by atoms with van der Waals surface area (Å²) in [6.07, 6.45) is 7.75. The number of hydrogen-bond acceptors (Lipinski definition) is 5. The van der Waals surface area contributed by atoms with E-state index in [1.54, 1.807) is 25.3 Å². The van der Waals surface area contributed by atoms with Gasteiger partial charge in [-0.1, -0.05) is 12.2 Å². The van der Waals surface area contributed by atoms with Crippen molar-refractivity contribution in [3.8, 4) is 5.69 Å². The van der Waals surface area contributed by atoms with Gasteiger partial charge in [0.2, 0.25) is 0 Å². The summed E-state index contributed by atoms with van der Waals surface area (Å²) < 4.78 is 7.10. The highest BCUT2D eigenvalue weighted by molar-refractivity contribution is 6.06. The molecule has 0 radical (unpaired) electrons. The number of imide groups is 1. The summed E-state index contributed by atoms with van der Waals surface area (Å²) in [6, 6.07) is 9.20. The van der Waals surface area contributed by atoms with Crippen molar-refractivity contribution in [2.24, 2.45) is 28.8 Å². The number of benzene rings is 1. The van der Waals surface area contributed by atoms with E-state index in [0.29, 0.717) is 12.2 Å². The maximum atomic E-state index is 13.0. The van der Waals surface area contributed by atoms with Crippen LogP contribution in [0.15, 0.2) is 47.6 Å². The zero-order valence-corrected chi connectivity index (χ0v) is 19.0. The summed E-state index contributed by atoms with van der Waals surface area (Å²) >= 11 is 0. The molecule has 1 aromatic carbocycles. The van der Waals surface area contributed by atoms with Crippen LogP contribution in [0.5, 0.6) is 0 Å². The van der Waals surface area contributed by atoms with Gasteiger partial charge < -0.3 is 9.30 Å². The number of fused-ring (bicyclic) bond motifs is 1. The van der Waals surface area contributed by atoms with Gasteiger partial charge in [-0.2, -0.15) is 10.1 Å². The monoisotopic (exact) mass is 445 g/mol. The van der Waals surface area contributed by atoms with E-state index in [9.17, 15) is 14.4 Å². The van der Waals surface area contributed by atoms with Crippen LogP contribution in [0.4, 0.5) is 0 Å². The van der Waals surface area contributed by atoms with Gasteiger partial charge in [0.05, 0.1) is 30.2 Å². The molecule has 170 valence electrons. The molecule has 1 aliphatic heterocycles. The number of hydrogen-bond donors (Lipinski definition) is 0. The van der Waals surface area contributed by atoms with E-state index in [2.05, 4.69) is 17.3 Å². The molecular formula is C26H27N3O4. The first-order chi connectivity index (χ1) is 15.9. The molecule has 7 heteroatoms. The standard InChI is InChI=1S/C26H27N3O4/c1-4-33-26(32)19-9-11-21(12-10-19)28-15(2)13-20(16(28)3)14-27-29-24(30)22-17-5-6-18(8-7-17)23(22)25(29)31/h5-6,9-14,17-18,22-23H,4,7-8H2,1-3H3/b27-14-/t17-,18-,22-,23+/m0/s1. The number of nitrogens with zero attached hydrogens (tertiary/aromatic N) is 3. The second kappa shape index (κ2) is 8.14. The Kier molecular flexibility index (Phi) is 5.27. The fourth-order valence-corrected chi connectivity index (χ4v) is 5.57. The Bertz CT molecular complexity index is 1160. The Hall–Kier alpha value is -3.48. The van der Waals surface area contributed by atoms with Gasteiger partial charge in [-0.05, 0) is 75.8 Å². The molecule has 2 amide bonds. The molecule has 3 aliphatic carbocycles. The normalized spacial score (nSPS) is 25.8. The van der Waals surface area contributed by atoms with Gasteiger partial charge in [0, 0.05) is 22.6 Å². The number of rotatable bonds is 5. The van der Waals surface area contributed by atoms with Crippen molar-refractivity contribution in [3.05, 3.63) is 65.0 Å². The minimum absolute atomic E-state index is 0.152. The average molecular weight is 446 g/mol. The molecule has 0 spiro atoms. The Morgan fingerprint density at radius 3 is 2.21 bits per heavy atom. The third kappa shape index (κ3) is 3.43. The Morgan fingerprint density at radius 2 is 1.67 bits per heavy atom. The highest BCUT2D eigenvalue weighted by atomic mass is 16.5. The quantitative estimate of drug-likeness (QED) is 0.303. The summed E-state index contributed by atoms with van der Waals surface area (Å²) in [5.41, 5.74) is 4.14. The first-order valence-electron chi connectivity index (χ1n) is 11.5. The smallest absolute Gasteiger partial charge is 0.338 e. The minimum atomic E-state index is -0.345. The van der Waals surface area contributed by atoms with Crippen LogP contribution in [0.25, 0.3) is 5.69 Å². The van der Waals surface area contributed by atoms with Crippen LogP contribution in [-0.4, -0.2) is 40.2 Å². The van der Waals surface area contributed by atoms with Crippen LogP contribution in [0.3, 0.4) is 0 Å². The highest BCUT2D eigenvalue weighted by Gasteiger charge is 2.56. The molecule has 2 heterocycles. The average Bonchev–Trinajstić information content (AvgIpc) is 3.26. The second-order valence-corrected chi connectivity index (χ2v) is 9.00. The minimum Gasteiger partial charge on any atom is -0.462 e. The predicted molar refractivity (Wildman–Crippen MR) is 123 cm³/mol. The molecule has 6 rings (SSSR count). The van der Waals surface area contributed by atoms with Crippen LogP contribution < -0.4 is 0 Å². The van der Waals surface area contributed by atoms with E-state index >= 15 is 0 Å². The Morgan fingerprint density at radius 1 is 1.06 bits per heavy atom. The van der Waals surface area contributed by atoms with Crippen LogP contribution >= 0.6 is 0 Å². The Balaban J connectivity index is 1.39. The SMILES string of the molecule is CCOC(=O)c1ccc(-n2c(C)cc(/C=N\N3C(=O)[C@@H]4[C@H](C3=O)[C@H]3C=C[C@H]4CC3)c2C)cc1. The molecule has 33 heavy (non-hydrogen) atoms. The van der Waals surface area contributed by atoms with Gasteiger partial charge in [0.1, 0.15) is 0 Å². The molecule has 0 unspecified atom stereocenters. The number of carbonyl (C=O) groups is 3. The van der Waals surface area contributed by atoms with Crippen molar-refractivity contribution in [2.45, 2.75) is 33.6 Å². The number of ether oxygens (including phenoxy) is 1. The molecule has 1 aromatic heterocycles. The molecule has 7 nitrogen and oxygen atoms in total. The van der Waals surface area contributed by atoms with E-state index in [1.165, 1.54) is 0 Å². The first-order valence-corrected chi connectivity index (χ1v) is 11.5. The highest BCUT2D eigenvalue weighted by Crippen LogP contribution is 2.49. The summed E-state index contributed by atoms with van der Waals surface area (Å²) in [5.74, 6) is -0.916. The van der Waals surface area contributed by atoms with E-state index in [4.69, 9.17) is 4.74 Å². The fraction of sp³-hybridized carbons (Fsp3) is 0.385. The van der Waals surface area contributed by atoms with Crippen molar-refractivity contribution < 1.29 is 19.1 Å². The maximum absolute atomic E-state index is 13.0. The first kappa shape index (κ1) is 21.4. The van der Waals surface area contributed by atoms with Gasteiger partial charge in [-0.25, -0.2) is 4.79 Å². The molecule has 2 bridgehead atoms. The number of aromatic nitrogens is 1. The van der Waals surface area contributed by atoms with Gasteiger partial charge in [0.15, 0.2) is 0 Å². The van der Waals surface area contributed by atoms with Gasteiger partial charge in [-0.3, -0.25) is 9.59 Å². The van der Waals surface area contributed by atoms with Crippen LogP contribution in [0.2, 0.25) is 0 Å². The van der Waals surface area contributed by atoms with Crippen molar-refractivity contribution in [3.63, 3.8) is 0 Å². The van der Waals surface area contributed by atoms with Crippen molar-refractivity contribution >= 4 is 24.0 Å². The van der Waals surface area contributed by atoms with E-state index in [-0.39, 0.29) is 41.5 Å². The lowest BCUT2D eigenvalue weighted by Crippen LogP contribution is -2.38. The zero-order chi connectivity index (χ0) is 23.3. The number of amides is 2. The molecule has 0 N–H and O–H groups in total. The van der Waals surface area contributed by atoms with Gasteiger partial charge >= 0.3 is 5.97 Å². The van der Waals surface area contributed by atoms with Crippen LogP contribution in [0, 0.1) is 37.5 Å². The van der Waals surface area contributed by atoms with E-state index < -0.39 is 0 Å². The number of carbonyl (C=O) groups excluding carboxylic acids is 3.